The monoisotopic (exact) mass is 430 g/mol. The van der Waals surface area contributed by atoms with Crippen LogP contribution in [0.15, 0.2) is 24.4 Å². The molecule has 6 nitrogen and oxygen atoms in total. The Hall–Kier alpha value is -2.51. The van der Waals surface area contributed by atoms with Crippen molar-refractivity contribution in [2.45, 2.75) is 45.0 Å². The molecule has 0 aliphatic heterocycles. The van der Waals surface area contributed by atoms with E-state index >= 15 is 0 Å². The molecule has 2 heterocycles. The number of rotatable bonds is 6. The van der Waals surface area contributed by atoms with Crippen molar-refractivity contribution in [3.8, 4) is 0 Å². The van der Waals surface area contributed by atoms with Crippen LogP contribution in [0.2, 0.25) is 0 Å². The summed E-state index contributed by atoms with van der Waals surface area (Å²) in [5.74, 6) is 1.69. The Labute approximate surface area is 180 Å². The fourth-order valence-electron chi connectivity index (χ4n) is 6.67. The molecule has 166 valence electrons. The first-order valence-corrected chi connectivity index (χ1v) is 11.1. The second kappa shape index (κ2) is 7.57. The predicted molar refractivity (Wildman–Crippen MR) is 111 cm³/mol. The summed E-state index contributed by atoms with van der Waals surface area (Å²) in [6.07, 6.45) is 6.76. The number of hydrogen-bond donors (Lipinski definition) is 1. The molecule has 1 N–H and O–H groups in total. The zero-order valence-corrected chi connectivity index (χ0v) is 17.7. The molecule has 4 aliphatic carbocycles. The average Bonchev–Trinajstić information content (AvgIpc) is 3.14. The van der Waals surface area contributed by atoms with Gasteiger partial charge in [0.25, 0.3) is 18.2 Å². The van der Waals surface area contributed by atoms with Crippen molar-refractivity contribution in [1.29, 1.82) is 0 Å². The molecule has 8 heteroatoms. The number of nitrogens with one attached hydrogen (secondary N) is 1. The lowest BCUT2D eigenvalue weighted by atomic mass is 9.49. The minimum Gasteiger partial charge on any atom is -0.351 e. The van der Waals surface area contributed by atoms with E-state index in [1.54, 1.807) is 18.3 Å². The van der Waals surface area contributed by atoms with Crippen molar-refractivity contribution < 1.29 is 18.4 Å². The van der Waals surface area contributed by atoms with E-state index < -0.39 is 18.9 Å². The van der Waals surface area contributed by atoms with Crippen LogP contribution in [-0.2, 0) is 0 Å². The van der Waals surface area contributed by atoms with Gasteiger partial charge in [0.1, 0.15) is 0 Å². The Morgan fingerprint density at radius 1 is 1.23 bits per heavy atom. The number of fused-ring (bicyclic) bond motifs is 1. The van der Waals surface area contributed by atoms with E-state index in [0.29, 0.717) is 17.6 Å². The van der Waals surface area contributed by atoms with E-state index in [-0.39, 0.29) is 17.0 Å². The number of hydrogen-bond acceptors (Lipinski definition) is 3. The topological polar surface area (TPSA) is 66.7 Å². The van der Waals surface area contributed by atoms with Gasteiger partial charge in [0.15, 0.2) is 5.69 Å². The van der Waals surface area contributed by atoms with E-state index in [9.17, 15) is 18.4 Å². The molecule has 6 rings (SSSR count). The summed E-state index contributed by atoms with van der Waals surface area (Å²) in [6.45, 7) is 0.0263. The molecule has 2 aromatic rings. The van der Waals surface area contributed by atoms with Gasteiger partial charge >= 0.3 is 0 Å². The summed E-state index contributed by atoms with van der Waals surface area (Å²) in [6, 6.07) is 4.92. The van der Waals surface area contributed by atoms with Gasteiger partial charge in [-0.2, -0.15) is 5.10 Å². The first kappa shape index (κ1) is 20.4. The van der Waals surface area contributed by atoms with Crippen LogP contribution in [0.4, 0.5) is 8.78 Å². The largest absolute Gasteiger partial charge is 0.351 e. The van der Waals surface area contributed by atoms with Crippen LogP contribution >= 0.6 is 0 Å². The zero-order valence-electron chi connectivity index (χ0n) is 17.7. The smallest absolute Gasteiger partial charge is 0.274 e. The third-order valence-corrected chi connectivity index (χ3v) is 7.51. The molecule has 4 aliphatic rings. The van der Waals surface area contributed by atoms with Gasteiger partial charge in [0, 0.05) is 19.8 Å². The number of carbonyl (C=O) groups excluding carboxylic acids is 2. The highest BCUT2D eigenvalue weighted by molar-refractivity contribution is 6.02. The quantitative estimate of drug-likeness (QED) is 0.761. The number of nitrogens with zero attached hydrogens (tertiary/aromatic N) is 3. The van der Waals surface area contributed by atoms with E-state index in [4.69, 9.17) is 0 Å². The van der Waals surface area contributed by atoms with Gasteiger partial charge < -0.3 is 10.2 Å². The minimum absolute atomic E-state index is 0.0458. The average molecular weight is 430 g/mol. The molecule has 31 heavy (non-hydrogen) atoms. The van der Waals surface area contributed by atoms with E-state index in [1.807, 2.05) is 0 Å². The van der Waals surface area contributed by atoms with Gasteiger partial charge in [0.2, 0.25) is 0 Å². The van der Waals surface area contributed by atoms with Gasteiger partial charge in [0.05, 0.1) is 17.6 Å². The molecule has 0 radical (unpaired) electrons. The van der Waals surface area contributed by atoms with Gasteiger partial charge in [-0.1, -0.05) is 0 Å². The lowest BCUT2D eigenvalue weighted by Gasteiger charge is -2.56. The third-order valence-electron chi connectivity index (χ3n) is 7.51. The summed E-state index contributed by atoms with van der Waals surface area (Å²) in [5, 5.41) is 7.36. The molecular formula is C23H28F2N4O2. The molecule has 0 saturated heterocycles. The zero-order chi connectivity index (χ0) is 21.8. The normalized spacial score (nSPS) is 29.0. The van der Waals surface area contributed by atoms with Crippen LogP contribution < -0.4 is 5.32 Å². The van der Waals surface area contributed by atoms with E-state index in [1.165, 1.54) is 56.2 Å². The van der Waals surface area contributed by atoms with E-state index in [2.05, 4.69) is 10.4 Å². The second-order valence-electron chi connectivity index (χ2n) is 9.96. The first-order valence-electron chi connectivity index (χ1n) is 11.1. The Morgan fingerprint density at radius 2 is 1.87 bits per heavy atom. The number of aromatic nitrogens is 2. The molecule has 0 unspecified atom stereocenters. The van der Waals surface area contributed by atoms with Crippen molar-refractivity contribution in [2.75, 3.05) is 20.1 Å². The van der Waals surface area contributed by atoms with Crippen molar-refractivity contribution in [2.24, 2.45) is 23.2 Å². The molecule has 2 aromatic heterocycles. The third kappa shape index (κ3) is 3.81. The maximum atomic E-state index is 13.1. The summed E-state index contributed by atoms with van der Waals surface area (Å²) in [7, 11) is 1.32. The van der Waals surface area contributed by atoms with Crippen LogP contribution in [-0.4, -0.2) is 52.9 Å². The summed E-state index contributed by atoms with van der Waals surface area (Å²) in [4.78, 5) is 26.4. The lowest BCUT2D eigenvalue weighted by Crippen LogP contribution is -2.51. The number of alkyl halides is 2. The molecule has 4 fully saturated rings. The number of carbonyl (C=O) groups is 2. The molecular weight excluding hydrogens is 402 g/mol. The summed E-state index contributed by atoms with van der Waals surface area (Å²) in [5.41, 5.74) is 1.22. The predicted octanol–water partition coefficient (Wildman–Crippen LogP) is 3.62. The minimum atomic E-state index is -2.61. The molecule has 4 bridgehead atoms. The molecule has 0 aromatic carbocycles. The van der Waals surface area contributed by atoms with Gasteiger partial charge in [-0.15, -0.1) is 0 Å². The van der Waals surface area contributed by atoms with Crippen molar-refractivity contribution >= 4 is 17.3 Å². The van der Waals surface area contributed by atoms with Crippen LogP contribution in [0.1, 0.15) is 59.4 Å². The SMILES string of the molecule is CN(CC(F)F)C(=O)c1cc2c(C(=O)NCC34CC5CC(CC(C5)C3)C4)cccn2n1. The summed E-state index contributed by atoms with van der Waals surface area (Å²) >= 11 is 0. The van der Waals surface area contributed by atoms with Crippen LogP contribution in [0.25, 0.3) is 5.52 Å². The first-order chi connectivity index (χ1) is 14.8. The number of pyridine rings is 1. The fourth-order valence-corrected chi connectivity index (χ4v) is 6.67. The Morgan fingerprint density at radius 3 is 2.48 bits per heavy atom. The highest BCUT2D eigenvalue weighted by atomic mass is 19.3. The van der Waals surface area contributed by atoms with Gasteiger partial charge in [-0.05, 0) is 79.9 Å². The molecule has 0 atom stereocenters. The lowest BCUT2D eigenvalue weighted by molar-refractivity contribution is -0.0503. The van der Waals surface area contributed by atoms with Gasteiger partial charge in [-0.3, -0.25) is 9.59 Å². The highest BCUT2D eigenvalue weighted by Gasteiger charge is 2.50. The Kier molecular flexibility index (Phi) is 4.98. The highest BCUT2D eigenvalue weighted by Crippen LogP contribution is 2.59. The molecule has 4 saturated carbocycles. The maximum Gasteiger partial charge on any atom is 0.274 e. The van der Waals surface area contributed by atoms with Crippen molar-refractivity contribution in [3.05, 3.63) is 35.7 Å². The van der Waals surface area contributed by atoms with Crippen molar-refractivity contribution in [3.63, 3.8) is 0 Å². The van der Waals surface area contributed by atoms with Crippen LogP contribution in [0.5, 0.6) is 0 Å². The van der Waals surface area contributed by atoms with Crippen molar-refractivity contribution in [1.82, 2.24) is 19.8 Å². The number of halogens is 2. The molecule has 0 spiro atoms. The fraction of sp³-hybridized carbons (Fsp3) is 0.609. The summed E-state index contributed by atoms with van der Waals surface area (Å²) < 4.78 is 26.7. The van der Waals surface area contributed by atoms with Crippen LogP contribution in [0, 0.1) is 23.2 Å². The Bertz CT molecular complexity index is 983. The molecule has 2 amide bonds. The van der Waals surface area contributed by atoms with Gasteiger partial charge in [-0.25, -0.2) is 13.3 Å². The van der Waals surface area contributed by atoms with E-state index in [0.717, 1.165) is 22.7 Å². The Balaban J connectivity index is 1.32. The van der Waals surface area contributed by atoms with Crippen LogP contribution in [0.3, 0.4) is 0 Å². The number of amides is 2. The standard InChI is InChI=1S/C23H28F2N4O2/c1-28(12-20(24)25)22(31)18-8-19-17(3-2-4-29(19)27-18)21(30)26-13-23-9-14-5-15(10-23)7-16(6-14)11-23/h2-4,8,14-16,20H,5-7,9-13H2,1H3,(H,26,30). The second-order valence-corrected chi connectivity index (χ2v) is 9.96. The maximum absolute atomic E-state index is 13.1.